The first-order chi connectivity index (χ1) is 10.1. The number of amides is 1. The van der Waals surface area contributed by atoms with E-state index in [9.17, 15) is 4.79 Å². The van der Waals surface area contributed by atoms with Crippen molar-refractivity contribution in [2.75, 3.05) is 13.1 Å². The van der Waals surface area contributed by atoms with Gasteiger partial charge in [-0.15, -0.1) is 11.6 Å². The molecule has 0 aliphatic carbocycles. The van der Waals surface area contributed by atoms with Crippen molar-refractivity contribution < 1.29 is 4.79 Å². The minimum absolute atomic E-state index is 0.116. The lowest BCUT2D eigenvalue weighted by molar-refractivity contribution is -0.130. The topological polar surface area (TPSA) is 38.1 Å². The molecule has 1 unspecified atom stereocenters. The SMILES string of the molecule is CC(Cl)c1nc2ccc(Cl)cc2n1CC(=O)N1CCCC1. The van der Waals surface area contributed by atoms with E-state index in [2.05, 4.69) is 4.98 Å². The third-order valence-corrected chi connectivity index (χ3v) is 4.28. The van der Waals surface area contributed by atoms with Gasteiger partial charge in [0.2, 0.25) is 5.91 Å². The average molecular weight is 326 g/mol. The lowest BCUT2D eigenvalue weighted by atomic mass is 10.3. The Morgan fingerprint density at radius 1 is 1.38 bits per heavy atom. The highest BCUT2D eigenvalue weighted by atomic mass is 35.5. The number of carbonyl (C=O) groups excluding carboxylic acids is 1. The third-order valence-electron chi connectivity index (χ3n) is 3.85. The maximum absolute atomic E-state index is 12.4. The van der Waals surface area contributed by atoms with Gasteiger partial charge in [0.1, 0.15) is 12.4 Å². The van der Waals surface area contributed by atoms with Crippen LogP contribution < -0.4 is 0 Å². The minimum atomic E-state index is -0.262. The first-order valence-electron chi connectivity index (χ1n) is 7.14. The predicted octanol–water partition coefficient (Wildman–Crippen LogP) is 3.61. The first kappa shape index (κ1) is 14.7. The molecule has 21 heavy (non-hydrogen) atoms. The molecule has 2 aromatic rings. The molecule has 6 heteroatoms. The van der Waals surface area contributed by atoms with E-state index in [1.807, 2.05) is 28.5 Å². The van der Waals surface area contributed by atoms with Crippen LogP contribution in [0.5, 0.6) is 0 Å². The van der Waals surface area contributed by atoms with Gasteiger partial charge in [0.25, 0.3) is 0 Å². The van der Waals surface area contributed by atoms with E-state index < -0.39 is 0 Å². The molecular formula is C15H17Cl2N3O. The maximum Gasteiger partial charge on any atom is 0.242 e. The van der Waals surface area contributed by atoms with Gasteiger partial charge in [0.05, 0.1) is 16.4 Å². The molecule has 3 rings (SSSR count). The van der Waals surface area contributed by atoms with Gasteiger partial charge in [-0.05, 0) is 38.0 Å². The summed E-state index contributed by atoms with van der Waals surface area (Å²) in [5, 5.41) is 0.369. The van der Waals surface area contributed by atoms with Crippen molar-refractivity contribution in [3.8, 4) is 0 Å². The van der Waals surface area contributed by atoms with Crippen molar-refractivity contribution in [2.24, 2.45) is 0 Å². The Hall–Kier alpha value is -1.26. The van der Waals surface area contributed by atoms with Gasteiger partial charge >= 0.3 is 0 Å². The lowest BCUT2D eigenvalue weighted by Gasteiger charge is -2.17. The normalized spacial score (nSPS) is 16.6. The summed E-state index contributed by atoms with van der Waals surface area (Å²) in [5.41, 5.74) is 1.67. The van der Waals surface area contributed by atoms with E-state index in [4.69, 9.17) is 23.2 Å². The molecule has 1 aromatic heterocycles. The molecule has 1 aliphatic heterocycles. The largest absolute Gasteiger partial charge is 0.341 e. The Labute approximate surface area is 133 Å². The molecule has 0 spiro atoms. The molecule has 4 nitrogen and oxygen atoms in total. The average Bonchev–Trinajstić information content (AvgIpc) is 3.07. The zero-order valence-corrected chi connectivity index (χ0v) is 13.4. The molecule has 1 saturated heterocycles. The third kappa shape index (κ3) is 2.87. The van der Waals surface area contributed by atoms with Crippen molar-refractivity contribution in [1.82, 2.24) is 14.5 Å². The number of benzene rings is 1. The van der Waals surface area contributed by atoms with Gasteiger partial charge in [0.15, 0.2) is 0 Å². The molecule has 0 radical (unpaired) electrons. The number of nitrogens with zero attached hydrogens (tertiary/aromatic N) is 3. The highest BCUT2D eigenvalue weighted by Gasteiger charge is 2.22. The van der Waals surface area contributed by atoms with Gasteiger partial charge in [-0.2, -0.15) is 0 Å². The standard InChI is InChI=1S/C15H17Cl2N3O/c1-10(16)15-18-12-5-4-11(17)8-13(12)20(15)9-14(21)19-6-2-3-7-19/h4-5,8,10H,2-3,6-7,9H2,1H3. The predicted molar refractivity (Wildman–Crippen MR) is 84.8 cm³/mol. The van der Waals surface area contributed by atoms with E-state index in [1.165, 1.54) is 0 Å². The quantitative estimate of drug-likeness (QED) is 0.808. The van der Waals surface area contributed by atoms with Crippen molar-refractivity contribution in [2.45, 2.75) is 31.7 Å². The van der Waals surface area contributed by atoms with Gasteiger partial charge in [0, 0.05) is 18.1 Å². The molecule has 1 amide bonds. The second-order valence-corrected chi connectivity index (χ2v) is 6.48. The summed E-state index contributed by atoms with van der Waals surface area (Å²) in [6.45, 7) is 3.82. The monoisotopic (exact) mass is 325 g/mol. The smallest absolute Gasteiger partial charge is 0.242 e. The van der Waals surface area contributed by atoms with E-state index in [1.54, 1.807) is 6.07 Å². The number of likely N-dealkylation sites (tertiary alicyclic amines) is 1. The number of carbonyl (C=O) groups is 1. The maximum atomic E-state index is 12.4. The zero-order chi connectivity index (χ0) is 15.0. The minimum Gasteiger partial charge on any atom is -0.341 e. The van der Waals surface area contributed by atoms with Gasteiger partial charge < -0.3 is 9.47 Å². The van der Waals surface area contributed by atoms with Crippen LogP contribution in [0.25, 0.3) is 11.0 Å². The summed E-state index contributed by atoms with van der Waals surface area (Å²) in [5.74, 6) is 0.826. The number of halogens is 2. The number of aromatic nitrogens is 2. The Morgan fingerprint density at radius 2 is 2.10 bits per heavy atom. The van der Waals surface area contributed by atoms with Gasteiger partial charge in [-0.1, -0.05) is 11.6 Å². The number of imidazole rings is 1. The van der Waals surface area contributed by atoms with Crippen LogP contribution in [0.3, 0.4) is 0 Å². The van der Waals surface area contributed by atoms with Crippen LogP contribution in [-0.2, 0) is 11.3 Å². The molecular weight excluding hydrogens is 309 g/mol. The fourth-order valence-electron chi connectivity index (χ4n) is 2.79. The summed E-state index contributed by atoms with van der Waals surface area (Å²) in [7, 11) is 0. The summed E-state index contributed by atoms with van der Waals surface area (Å²) in [6, 6.07) is 5.49. The molecule has 0 bridgehead atoms. The second kappa shape index (κ2) is 5.85. The zero-order valence-electron chi connectivity index (χ0n) is 11.9. The van der Waals surface area contributed by atoms with Crippen LogP contribution in [0.2, 0.25) is 5.02 Å². The fraction of sp³-hybridized carbons (Fsp3) is 0.467. The molecule has 1 fully saturated rings. The molecule has 1 aromatic carbocycles. The lowest BCUT2D eigenvalue weighted by Crippen LogP contribution is -2.31. The fourth-order valence-corrected chi connectivity index (χ4v) is 3.12. The highest BCUT2D eigenvalue weighted by Crippen LogP contribution is 2.27. The van der Waals surface area contributed by atoms with E-state index in [-0.39, 0.29) is 17.8 Å². The van der Waals surface area contributed by atoms with Crippen molar-refractivity contribution in [1.29, 1.82) is 0 Å². The molecule has 0 N–H and O–H groups in total. The Morgan fingerprint density at radius 3 is 2.76 bits per heavy atom. The number of rotatable bonds is 3. The van der Waals surface area contributed by atoms with Gasteiger partial charge in [-0.25, -0.2) is 4.98 Å². The van der Waals surface area contributed by atoms with E-state index in [0.717, 1.165) is 37.0 Å². The van der Waals surface area contributed by atoms with Crippen LogP contribution in [0.15, 0.2) is 18.2 Å². The van der Waals surface area contributed by atoms with Crippen LogP contribution >= 0.6 is 23.2 Å². The summed E-state index contributed by atoms with van der Waals surface area (Å²) < 4.78 is 1.89. The Kier molecular flexibility index (Phi) is 4.09. The van der Waals surface area contributed by atoms with E-state index >= 15 is 0 Å². The van der Waals surface area contributed by atoms with Crippen LogP contribution in [0.1, 0.15) is 31.0 Å². The number of fused-ring (bicyclic) bond motifs is 1. The Balaban J connectivity index is 2.00. The van der Waals surface area contributed by atoms with Crippen LogP contribution in [-0.4, -0.2) is 33.4 Å². The highest BCUT2D eigenvalue weighted by molar-refractivity contribution is 6.31. The number of hydrogen-bond acceptors (Lipinski definition) is 2. The molecule has 1 atom stereocenters. The van der Waals surface area contributed by atoms with Crippen molar-refractivity contribution in [3.05, 3.63) is 29.0 Å². The van der Waals surface area contributed by atoms with Gasteiger partial charge in [-0.3, -0.25) is 4.79 Å². The van der Waals surface area contributed by atoms with Crippen molar-refractivity contribution in [3.63, 3.8) is 0 Å². The van der Waals surface area contributed by atoms with Crippen LogP contribution in [0, 0.1) is 0 Å². The molecule has 1 aliphatic rings. The van der Waals surface area contributed by atoms with Crippen LogP contribution in [0.4, 0.5) is 0 Å². The van der Waals surface area contributed by atoms with E-state index in [0.29, 0.717) is 10.8 Å². The first-order valence-corrected chi connectivity index (χ1v) is 7.95. The molecule has 0 saturated carbocycles. The Bertz CT molecular complexity index is 675. The number of alkyl halides is 1. The molecule has 112 valence electrons. The number of hydrogen-bond donors (Lipinski definition) is 0. The summed E-state index contributed by atoms with van der Waals surface area (Å²) >= 11 is 12.3. The molecule has 2 heterocycles. The second-order valence-electron chi connectivity index (χ2n) is 5.39. The van der Waals surface area contributed by atoms with Crippen molar-refractivity contribution >= 4 is 40.1 Å². The summed E-state index contributed by atoms with van der Waals surface area (Å²) in [6.07, 6.45) is 2.17. The summed E-state index contributed by atoms with van der Waals surface area (Å²) in [4.78, 5) is 18.9.